The van der Waals surface area contributed by atoms with Crippen molar-refractivity contribution in [1.82, 2.24) is 10.2 Å². The molecule has 0 bridgehead atoms. The van der Waals surface area contributed by atoms with Crippen LogP contribution in [0.1, 0.15) is 23.6 Å². The molecule has 1 aromatic rings. The summed E-state index contributed by atoms with van der Waals surface area (Å²) in [5.41, 5.74) is 1.91. The summed E-state index contributed by atoms with van der Waals surface area (Å²) in [4.78, 5) is 13.2. The minimum atomic E-state index is -0.304. The third-order valence-electron chi connectivity index (χ3n) is 3.80. The molecule has 1 N–H and O–H groups in total. The summed E-state index contributed by atoms with van der Waals surface area (Å²) in [5, 5.41) is 14.4. The number of nitro benzene ring substituents is 1. The lowest BCUT2D eigenvalue weighted by molar-refractivity contribution is -0.385. The van der Waals surface area contributed by atoms with Crippen LogP contribution in [-0.4, -0.2) is 36.0 Å². The van der Waals surface area contributed by atoms with Gasteiger partial charge in [0.2, 0.25) is 0 Å². The Labute approximate surface area is 119 Å². The predicted octanol–water partition coefficient (Wildman–Crippen LogP) is 2.43. The highest BCUT2D eigenvalue weighted by atomic mass is 16.6. The lowest BCUT2D eigenvalue weighted by Crippen LogP contribution is -2.45. The maximum Gasteiger partial charge on any atom is 0.272 e. The van der Waals surface area contributed by atoms with E-state index in [-0.39, 0.29) is 16.7 Å². The van der Waals surface area contributed by atoms with Gasteiger partial charge in [0, 0.05) is 43.9 Å². The van der Waals surface area contributed by atoms with Crippen LogP contribution in [0.5, 0.6) is 0 Å². The van der Waals surface area contributed by atoms with Gasteiger partial charge in [0.15, 0.2) is 0 Å². The van der Waals surface area contributed by atoms with Gasteiger partial charge in [-0.15, -0.1) is 6.58 Å². The van der Waals surface area contributed by atoms with Gasteiger partial charge in [0.1, 0.15) is 0 Å². The summed E-state index contributed by atoms with van der Waals surface area (Å²) in [5.74, 6) is 0. The van der Waals surface area contributed by atoms with Crippen LogP contribution in [0.25, 0.3) is 0 Å². The second-order valence-electron chi connectivity index (χ2n) is 5.13. The molecule has 20 heavy (non-hydrogen) atoms. The molecule has 1 fully saturated rings. The number of nitro groups is 1. The van der Waals surface area contributed by atoms with Crippen molar-refractivity contribution in [2.45, 2.75) is 19.4 Å². The number of nitrogens with zero attached hydrogens (tertiary/aromatic N) is 2. The quantitative estimate of drug-likeness (QED) is 0.509. The third kappa shape index (κ3) is 3.23. The number of benzene rings is 1. The van der Waals surface area contributed by atoms with Crippen LogP contribution in [0.2, 0.25) is 0 Å². The van der Waals surface area contributed by atoms with Crippen LogP contribution in [0.4, 0.5) is 5.69 Å². The molecule has 1 aliphatic heterocycles. The van der Waals surface area contributed by atoms with E-state index in [9.17, 15) is 10.1 Å². The Morgan fingerprint density at radius 1 is 1.50 bits per heavy atom. The Balaban J connectivity index is 2.30. The lowest BCUT2D eigenvalue weighted by Gasteiger charge is -2.34. The zero-order valence-electron chi connectivity index (χ0n) is 11.8. The van der Waals surface area contributed by atoms with Gasteiger partial charge >= 0.3 is 0 Å². The van der Waals surface area contributed by atoms with Crippen LogP contribution < -0.4 is 5.32 Å². The van der Waals surface area contributed by atoms with Crippen LogP contribution in [0.3, 0.4) is 0 Å². The first-order valence-electron chi connectivity index (χ1n) is 6.94. The fraction of sp³-hybridized carbons (Fsp3) is 0.467. The van der Waals surface area contributed by atoms with Crippen LogP contribution in [0, 0.1) is 17.0 Å². The molecule has 108 valence electrons. The van der Waals surface area contributed by atoms with Gasteiger partial charge in [-0.05, 0) is 18.9 Å². The summed E-state index contributed by atoms with van der Waals surface area (Å²) < 4.78 is 0. The minimum absolute atomic E-state index is 0.175. The van der Waals surface area contributed by atoms with Crippen molar-refractivity contribution < 1.29 is 4.92 Å². The van der Waals surface area contributed by atoms with E-state index in [1.54, 1.807) is 13.0 Å². The highest BCUT2D eigenvalue weighted by Crippen LogP contribution is 2.29. The zero-order chi connectivity index (χ0) is 14.5. The van der Waals surface area contributed by atoms with Gasteiger partial charge < -0.3 is 5.32 Å². The molecule has 0 saturated carbocycles. The van der Waals surface area contributed by atoms with Gasteiger partial charge in [-0.2, -0.15) is 0 Å². The summed E-state index contributed by atoms with van der Waals surface area (Å²) in [6.45, 7) is 9.43. The number of hydrogen-bond donors (Lipinski definition) is 1. The summed E-state index contributed by atoms with van der Waals surface area (Å²) in [7, 11) is 0. The van der Waals surface area contributed by atoms with Crippen molar-refractivity contribution in [2.75, 3.05) is 26.2 Å². The number of nitrogens with one attached hydrogen (secondary N) is 1. The van der Waals surface area contributed by atoms with E-state index < -0.39 is 0 Å². The molecule has 1 heterocycles. The molecule has 2 rings (SSSR count). The highest BCUT2D eigenvalue weighted by molar-refractivity contribution is 5.43. The minimum Gasteiger partial charge on any atom is -0.314 e. The van der Waals surface area contributed by atoms with Gasteiger partial charge in [0.05, 0.1) is 4.92 Å². The molecule has 1 aromatic carbocycles. The molecule has 0 aromatic heterocycles. The molecule has 5 heteroatoms. The van der Waals surface area contributed by atoms with E-state index in [4.69, 9.17) is 0 Å². The van der Waals surface area contributed by atoms with E-state index in [1.165, 1.54) is 0 Å². The summed E-state index contributed by atoms with van der Waals surface area (Å²) in [6.07, 6.45) is 2.69. The average Bonchev–Trinajstić information content (AvgIpc) is 2.46. The van der Waals surface area contributed by atoms with E-state index in [1.807, 2.05) is 18.2 Å². The van der Waals surface area contributed by atoms with Gasteiger partial charge in [-0.3, -0.25) is 15.0 Å². The first-order valence-corrected chi connectivity index (χ1v) is 6.94. The molecule has 1 saturated heterocycles. The van der Waals surface area contributed by atoms with Crippen molar-refractivity contribution >= 4 is 5.69 Å². The van der Waals surface area contributed by atoms with Gasteiger partial charge in [-0.1, -0.05) is 18.2 Å². The average molecular weight is 275 g/mol. The smallest absolute Gasteiger partial charge is 0.272 e. The summed E-state index contributed by atoms with van der Waals surface area (Å²) >= 11 is 0. The normalized spacial score (nSPS) is 17.6. The predicted molar refractivity (Wildman–Crippen MR) is 79.8 cm³/mol. The topological polar surface area (TPSA) is 58.4 Å². The number of piperazine rings is 1. The molecule has 5 nitrogen and oxygen atoms in total. The van der Waals surface area contributed by atoms with E-state index >= 15 is 0 Å². The summed E-state index contributed by atoms with van der Waals surface area (Å²) in [6, 6.07) is 5.73. The van der Waals surface area contributed by atoms with Crippen molar-refractivity contribution in [3.63, 3.8) is 0 Å². The first kappa shape index (κ1) is 14.7. The van der Waals surface area contributed by atoms with Crippen LogP contribution >= 0.6 is 0 Å². The van der Waals surface area contributed by atoms with Crippen molar-refractivity contribution in [2.24, 2.45) is 0 Å². The Hall–Kier alpha value is -1.72. The van der Waals surface area contributed by atoms with Gasteiger partial charge in [-0.25, -0.2) is 0 Å². The Morgan fingerprint density at radius 3 is 2.80 bits per heavy atom. The molecule has 0 radical (unpaired) electrons. The molecule has 1 atom stereocenters. The molecule has 0 unspecified atom stereocenters. The highest BCUT2D eigenvalue weighted by Gasteiger charge is 2.23. The monoisotopic (exact) mass is 275 g/mol. The molecular formula is C15H21N3O2. The molecule has 0 spiro atoms. The maximum absolute atomic E-state index is 11.1. The first-order chi connectivity index (χ1) is 9.63. The standard InChI is InChI=1S/C15H21N3O2/c1-3-4-14(17-9-7-16-8-10-17)13-6-5-12(2)15(11-13)18(19)20/h3,5-6,11,14,16H,1,4,7-10H2,2H3/t14-/m0/s1. The van der Waals surface area contributed by atoms with Crippen molar-refractivity contribution in [3.05, 3.63) is 52.1 Å². The van der Waals surface area contributed by atoms with Crippen LogP contribution in [0.15, 0.2) is 30.9 Å². The number of rotatable bonds is 5. The fourth-order valence-electron chi connectivity index (χ4n) is 2.68. The Bertz CT molecular complexity index is 496. The SMILES string of the molecule is C=CC[C@@H](c1ccc(C)c([N+](=O)[O-])c1)N1CCNCC1. The third-order valence-corrected chi connectivity index (χ3v) is 3.80. The number of hydrogen-bond acceptors (Lipinski definition) is 4. The Kier molecular flexibility index (Phi) is 4.87. The van der Waals surface area contributed by atoms with Crippen molar-refractivity contribution in [1.29, 1.82) is 0 Å². The Morgan fingerprint density at radius 2 is 2.20 bits per heavy atom. The largest absolute Gasteiger partial charge is 0.314 e. The lowest BCUT2D eigenvalue weighted by atomic mass is 9.99. The molecule has 1 aliphatic rings. The van der Waals surface area contributed by atoms with E-state index in [0.717, 1.165) is 38.2 Å². The number of aryl methyl sites for hydroxylation is 1. The second-order valence-corrected chi connectivity index (χ2v) is 5.13. The molecule has 0 amide bonds. The second kappa shape index (κ2) is 6.63. The molecular weight excluding hydrogens is 254 g/mol. The molecule has 0 aliphatic carbocycles. The fourth-order valence-corrected chi connectivity index (χ4v) is 2.68. The van der Waals surface area contributed by atoms with Gasteiger partial charge in [0.25, 0.3) is 5.69 Å². The van der Waals surface area contributed by atoms with E-state index in [2.05, 4.69) is 16.8 Å². The van der Waals surface area contributed by atoms with E-state index in [0.29, 0.717) is 5.56 Å². The van der Waals surface area contributed by atoms with Crippen molar-refractivity contribution in [3.8, 4) is 0 Å². The maximum atomic E-state index is 11.1. The zero-order valence-corrected chi connectivity index (χ0v) is 11.8. The van der Waals surface area contributed by atoms with Crippen LogP contribution in [-0.2, 0) is 0 Å².